The minimum atomic E-state index is -0.290. The quantitative estimate of drug-likeness (QED) is 0.775. The molecular formula is C13H16N2O2. The van der Waals surface area contributed by atoms with Crippen LogP contribution in [-0.2, 0) is 0 Å². The lowest BCUT2D eigenvalue weighted by Gasteiger charge is -2.17. The molecular weight excluding hydrogens is 216 g/mol. The van der Waals surface area contributed by atoms with E-state index >= 15 is 0 Å². The SMILES string of the molecule is O=C(NCC1CC=CCC1)c1c[nH]ccc1=O. The van der Waals surface area contributed by atoms with Gasteiger partial charge in [-0.2, -0.15) is 0 Å². The summed E-state index contributed by atoms with van der Waals surface area (Å²) in [5, 5.41) is 2.82. The Balaban J connectivity index is 1.91. The van der Waals surface area contributed by atoms with Gasteiger partial charge in [-0.3, -0.25) is 9.59 Å². The van der Waals surface area contributed by atoms with Crippen molar-refractivity contribution >= 4 is 5.91 Å². The van der Waals surface area contributed by atoms with Crippen molar-refractivity contribution in [2.75, 3.05) is 6.54 Å². The molecule has 0 fully saturated rings. The lowest BCUT2D eigenvalue weighted by Crippen LogP contribution is -2.32. The van der Waals surface area contributed by atoms with Gasteiger partial charge in [-0.05, 0) is 25.2 Å². The molecule has 1 aromatic heterocycles. The monoisotopic (exact) mass is 232 g/mol. The molecule has 0 aliphatic heterocycles. The predicted octanol–water partition coefficient (Wildman–Crippen LogP) is 1.46. The molecule has 1 aliphatic rings. The van der Waals surface area contributed by atoms with Gasteiger partial charge in [0.2, 0.25) is 0 Å². The Hall–Kier alpha value is -1.84. The number of H-pyrrole nitrogens is 1. The molecule has 1 aromatic rings. The van der Waals surface area contributed by atoms with E-state index in [9.17, 15) is 9.59 Å². The molecule has 1 atom stereocenters. The minimum absolute atomic E-state index is 0.179. The van der Waals surface area contributed by atoms with Gasteiger partial charge >= 0.3 is 0 Å². The first-order valence-electron chi connectivity index (χ1n) is 5.87. The summed E-state index contributed by atoms with van der Waals surface area (Å²) in [7, 11) is 0. The largest absolute Gasteiger partial charge is 0.367 e. The number of aromatic nitrogens is 1. The maximum Gasteiger partial charge on any atom is 0.256 e. The zero-order valence-electron chi connectivity index (χ0n) is 9.61. The molecule has 0 saturated heterocycles. The lowest BCUT2D eigenvalue weighted by atomic mass is 9.94. The molecule has 0 saturated carbocycles. The predicted molar refractivity (Wildman–Crippen MR) is 65.9 cm³/mol. The first kappa shape index (κ1) is 11.6. The molecule has 0 aromatic carbocycles. The number of carbonyl (C=O) groups excluding carboxylic acids is 1. The van der Waals surface area contributed by atoms with Crippen molar-refractivity contribution in [2.45, 2.75) is 19.3 Å². The van der Waals surface area contributed by atoms with Crippen molar-refractivity contribution in [3.8, 4) is 0 Å². The second kappa shape index (κ2) is 5.48. The smallest absolute Gasteiger partial charge is 0.256 e. The molecule has 4 nitrogen and oxygen atoms in total. The molecule has 90 valence electrons. The van der Waals surface area contributed by atoms with Crippen molar-refractivity contribution in [3.05, 3.63) is 46.4 Å². The topological polar surface area (TPSA) is 62.0 Å². The summed E-state index contributed by atoms with van der Waals surface area (Å²) in [5.41, 5.74) is -0.0661. The maximum atomic E-state index is 11.8. The number of amides is 1. The maximum absolute atomic E-state index is 11.8. The Morgan fingerprint density at radius 2 is 2.35 bits per heavy atom. The summed E-state index contributed by atoms with van der Waals surface area (Å²) >= 11 is 0. The van der Waals surface area contributed by atoms with Crippen LogP contribution in [0, 0.1) is 5.92 Å². The van der Waals surface area contributed by atoms with Gasteiger partial charge in [0.05, 0.1) is 0 Å². The fourth-order valence-electron chi connectivity index (χ4n) is 1.97. The second-order valence-corrected chi connectivity index (χ2v) is 4.28. The van der Waals surface area contributed by atoms with Crippen LogP contribution in [0.5, 0.6) is 0 Å². The van der Waals surface area contributed by atoms with Gasteiger partial charge in [-0.25, -0.2) is 0 Å². The minimum Gasteiger partial charge on any atom is -0.367 e. The molecule has 0 radical (unpaired) electrons. The Kier molecular flexibility index (Phi) is 3.75. The van der Waals surface area contributed by atoms with E-state index in [0.717, 1.165) is 19.3 Å². The highest BCUT2D eigenvalue weighted by molar-refractivity contribution is 5.93. The van der Waals surface area contributed by atoms with Gasteiger partial charge in [0.1, 0.15) is 5.56 Å². The van der Waals surface area contributed by atoms with E-state index in [4.69, 9.17) is 0 Å². The summed E-state index contributed by atoms with van der Waals surface area (Å²) < 4.78 is 0. The van der Waals surface area contributed by atoms with Crippen molar-refractivity contribution < 1.29 is 4.79 Å². The van der Waals surface area contributed by atoms with Gasteiger partial charge in [-0.1, -0.05) is 12.2 Å². The number of carbonyl (C=O) groups is 1. The molecule has 2 rings (SSSR count). The van der Waals surface area contributed by atoms with Crippen LogP contribution in [0.3, 0.4) is 0 Å². The van der Waals surface area contributed by atoms with E-state index in [1.807, 2.05) is 0 Å². The highest BCUT2D eigenvalue weighted by atomic mass is 16.2. The summed E-state index contributed by atoms with van der Waals surface area (Å²) in [4.78, 5) is 25.9. The summed E-state index contributed by atoms with van der Waals surface area (Å²) in [6, 6.07) is 1.36. The fourth-order valence-corrected chi connectivity index (χ4v) is 1.97. The average molecular weight is 232 g/mol. The molecule has 1 aliphatic carbocycles. The van der Waals surface area contributed by atoms with Gasteiger partial charge in [0.15, 0.2) is 5.43 Å². The van der Waals surface area contributed by atoms with E-state index in [-0.39, 0.29) is 16.9 Å². The van der Waals surface area contributed by atoms with E-state index < -0.39 is 0 Å². The Labute approximate surface area is 99.7 Å². The molecule has 1 heterocycles. The Morgan fingerprint density at radius 1 is 1.47 bits per heavy atom. The average Bonchev–Trinajstić information content (AvgIpc) is 2.38. The van der Waals surface area contributed by atoms with E-state index in [1.54, 1.807) is 0 Å². The van der Waals surface area contributed by atoms with Crippen LogP contribution in [0.15, 0.2) is 35.4 Å². The zero-order valence-corrected chi connectivity index (χ0v) is 9.61. The van der Waals surface area contributed by atoms with Crippen molar-refractivity contribution in [2.24, 2.45) is 5.92 Å². The van der Waals surface area contributed by atoms with Crippen LogP contribution >= 0.6 is 0 Å². The van der Waals surface area contributed by atoms with E-state index in [1.165, 1.54) is 18.5 Å². The number of nitrogens with one attached hydrogen (secondary N) is 2. The zero-order chi connectivity index (χ0) is 12.1. The Bertz CT molecular complexity index is 476. The third-order valence-electron chi connectivity index (χ3n) is 3.00. The number of hydrogen-bond acceptors (Lipinski definition) is 2. The number of aromatic amines is 1. The van der Waals surface area contributed by atoms with Crippen LogP contribution in [0.2, 0.25) is 0 Å². The molecule has 4 heteroatoms. The normalized spacial score (nSPS) is 18.9. The second-order valence-electron chi connectivity index (χ2n) is 4.28. The molecule has 0 bridgehead atoms. The highest BCUT2D eigenvalue weighted by Crippen LogP contribution is 2.16. The van der Waals surface area contributed by atoms with Gasteiger partial charge in [0.25, 0.3) is 5.91 Å². The van der Waals surface area contributed by atoms with Gasteiger partial charge < -0.3 is 10.3 Å². The third-order valence-corrected chi connectivity index (χ3v) is 3.00. The first-order chi connectivity index (χ1) is 8.27. The molecule has 2 N–H and O–H groups in total. The molecule has 1 unspecified atom stereocenters. The standard InChI is InChI=1S/C13H16N2O2/c16-12-6-7-14-9-11(12)13(17)15-8-10-4-2-1-3-5-10/h1-2,6-7,9-10H,3-5,8H2,(H,14,16)(H,15,17). The molecule has 1 amide bonds. The van der Waals surface area contributed by atoms with Crippen LogP contribution in [0.4, 0.5) is 0 Å². The number of pyridine rings is 1. The van der Waals surface area contributed by atoms with Crippen LogP contribution in [0.25, 0.3) is 0 Å². The number of hydrogen-bond donors (Lipinski definition) is 2. The van der Waals surface area contributed by atoms with Gasteiger partial charge in [0, 0.05) is 25.0 Å². The summed E-state index contributed by atoms with van der Waals surface area (Å²) in [6.07, 6.45) is 10.5. The van der Waals surface area contributed by atoms with Crippen molar-refractivity contribution in [1.82, 2.24) is 10.3 Å². The number of rotatable bonds is 3. The Morgan fingerprint density at radius 3 is 3.06 bits per heavy atom. The highest BCUT2D eigenvalue weighted by Gasteiger charge is 2.13. The summed E-state index contributed by atoms with van der Waals surface area (Å²) in [6.45, 7) is 0.636. The summed E-state index contributed by atoms with van der Waals surface area (Å²) in [5.74, 6) is 0.202. The van der Waals surface area contributed by atoms with Crippen LogP contribution < -0.4 is 10.7 Å². The van der Waals surface area contributed by atoms with Crippen LogP contribution in [-0.4, -0.2) is 17.4 Å². The lowest BCUT2D eigenvalue weighted by molar-refractivity contribution is 0.0945. The van der Waals surface area contributed by atoms with Gasteiger partial charge in [-0.15, -0.1) is 0 Å². The van der Waals surface area contributed by atoms with E-state index in [2.05, 4.69) is 22.5 Å². The fraction of sp³-hybridized carbons (Fsp3) is 0.385. The van der Waals surface area contributed by atoms with Crippen molar-refractivity contribution in [3.63, 3.8) is 0 Å². The third kappa shape index (κ3) is 3.06. The molecule has 0 spiro atoms. The number of allylic oxidation sites excluding steroid dienone is 2. The van der Waals surface area contributed by atoms with E-state index in [0.29, 0.717) is 12.5 Å². The molecule has 17 heavy (non-hydrogen) atoms. The van der Waals surface area contributed by atoms with Crippen LogP contribution in [0.1, 0.15) is 29.6 Å². The first-order valence-corrected chi connectivity index (χ1v) is 5.87. The van der Waals surface area contributed by atoms with Crippen molar-refractivity contribution in [1.29, 1.82) is 0 Å².